The molecular weight excluding hydrogens is 250 g/mol. The highest BCUT2D eigenvalue weighted by Crippen LogP contribution is 2.40. The molecule has 1 aromatic rings. The number of ether oxygens (including phenoxy) is 1. The summed E-state index contributed by atoms with van der Waals surface area (Å²) in [7, 11) is 1.77. The minimum Gasteiger partial charge on any atom is -0.380 e. The number of hydrogen-bond acceptors (Lipinski definition) is 4. The van der Waals surface area contributed by atoms with Crippen LogP contribution in [0.15, 0.2) is 0 Å². The molecule has 1 saturated heterocycles. The second-order valence-corrected chi connectivity index (χ2v) is 5.55. The third kappa shape index (κ3) is 2.19. The van der Waals surface area contributed by atoms with Gasteiger partial charge in [-0.3, -0.25) is 0 Å². The van der Waals surface area contributed by atoms with Crippen molar-refractivity contribution in [1.82, 2.24) is 9.97 Å². The van der Waals surface area contributed by atoms with Crippen LogP contribution in [0.2, 0.25) is 5.15 Å². The Bertz CT molecular complexity index is 462. The van der Waals surface area contributed by atoms with Crippen LogP contribution in [0.5, 0.6) is 0 Å². The minimum absolute atomic E-state index is 0.308. The molecule has 2 heterocycles. The molecule has 1 saturated carbocycles. The van der Waals surface area contributed by atoms with Gasteiger partial charge in [-0.25, -0.2) is 9.97 Å². The highest BCUT2D eigenvalue weighted by atomic mass is 35.5. The summed E-state index contributed by atoms with van der Waals surface area (Å²) in [5.41, 5.74) is 0.984. The molecule has 0 amide bonds. The van der Waals surface area contributed by atoms with Crippen LogP contribution >= 0.6 is 11.6 Å². The van der Waals surface area contributed by atoms with Crippen molar-refractivity contribution in [2.75, 3.05) is 25.1 Å². The summed E-state index contributed by atoms with van der Waals surface area (Å²) in [6.07, 6.45) is 3.75. The van der Waals surface area contributed by atoms with E-state index in [1.807, 2.05) is 6.92 Å². The number of aromatic nitrogens is 2. The first-order valence-electron chi connectivity index (χ1n) is 6.51. The molecule has 3 rings (SSSR count). The summed E-state index contributed by atoms with van der Waals surface area (Å²) in [6, 6.07) is 0. The summed E-state index contributed by atoms with van der Waals surface area (Å²) in [6.45, 7) is 3.88. The van der Waals surface area contributed by atoms with Gasteiger partial charge < -0.3 is 9.64 Å². The van der Waals surface area contributed by atoms with Crippen LogP contribution in [-0.2, 0) is 4.74 Å². The summed E-state index contributed by atoms with van der Waals surface area (Å²) in [5, 5.41) is 0.600. The highest BCUT2D eigenvalue weighted by molar-refractivity contribution is 6.30. The maximum absolute atomic E-state index is 6.23. The SMILES string of the molecule is COC1CCN(c2nc(C3CC3)nc(Cl)c2C)C1. The largest absolute Gasteiger partial charge is 0.380 e. The number of hydrogen-bond donors (Lipinski definition) is 0. The molecule has 18 heavy (non-hydrogen) atoms. The van der Waals surface area contributed by atoms with E-state index in [0.717, 1.165) is 36.7 Å². The van der Waals surface area contributed by atoms with Crippen molar-refractivity contribution in [1.29, 1.82) is 0 Å². The summed E-state index contributed by atoms with van der Waals surface area (Å²) in [5.74, 6) is 2.44. The molecular formula is C13H18ClN3O. The molecule has 1 aliphatic heterocycles. The number of methoxy groups -OCH3 is 1. The van der Waals surface area contributed by atoms with Crippen molar-refractivity contribution in [2.24, 2.45) is 0 Å². The van der Waals surface area contributed by atoms with Gasteiger partial charge in [0.25, 0.3) is 0 Å². The van der Waals surface area contributed by atoms with E-state index in [1.165, 1.54) is 12.8 Å². The van der Waals surface area contributed by atoms with Crippen LogP contribution in [0.4, 0.5) is 5.82 Å². The fourth-order valence-corrected chi connectivity index (χ4v) is 2.61. The molecule has 0 radical (unpaired) electrons. The van der Waals surface area contributed by atoms with Gasteiger partial charge in [0.05, 0.1) is 6.10 Å². The second kappa shape index (κ2) is 4.67. The van der Waals surface area contributed by atoms with E-state index >= 15 is 0 Å². The minimum atomic E-state index is 0.308. The Labute approximate surface area is 112 Å². The van der Waals surface area contributed by atoms with Crippen LogP contribution in [-0.4, -0.2) is 36.3 Å². The van der Waals surface area contributed by atoms with Gasteiger partial charge in [-0.2, -0.15) is 0 Å². The molecule has 0 aromatic carbocycles. The van der Waals surface area contributed by atoms with Crippen molar-refractivity contribution >= 4 is 17.4 Å². The Hall–Kier alpha value is -0.870. The van der Waals surface area contributed by atoms with Gasteiger partial charge in [0.1, 0.15) is 16.8 Å². The quantitative estimate of drug-likeness (QED) is 0.789. The summed E-state index contributed by atoms with van der Waals surface area (Å²) < 4.78 is 5.40. The lowest BCUT2D eigenvalue weighted by atomic mass is 10.3. The third-order valence-electron chi connectivity index (χ3n) is 3.80. The van der Waals surface area contributed by atoms with Crippen molar-refractivity contribution in [2.45, 2.75) is 38.2 Å². The summed E-state index contributed by atoms with van der Waals surface area (Å²) >= 11 is 6.23. The zero-order valence-electron chi connectivity index (χ0n) is 10.8. The topological polar surface area (TPSA) is 38.2 Å². The predicted octanol–water partition coefficient (Wildman–Crippen LogP) is 2.54. The van der Waals surface area contributed by atoms with E-state index in [-0.39, 0.29) is 0 Å². The Morgan fingerprint density at radius 2 is 2.06 bits per heavy atom. The molecule has 1 atom stereocenters. The first-order valence-corrected chi connectivity index (χ1v) is 6.88. The van der Waals surface area contributed by atoms with Gasteiger partial charge in [-0.1, -0.05) is 11.6 Å². The monoisotopic (exact) mass is 267 g/mol. The average Bonchev–Trinajstić information content (AvgIpc) is 3.11. The Morgan fingerprint density at radius 3 is 2.67 bits per heavy atom. The molecule has 5 heteroatoms. The lowest BCUT2D eigenvalue weighted by Gasteiger charge is -2.20. The van der Waals surface area contributed by atoms with E-state index < -0.39 is 0 Å². The Morgan fingerprint density at radius 1 is 1.28 bits per heavy atom. The van der Waals surface area contributed by atoms with Crippen LogP contribution in [0.25, 0.3) is 0 Å². The van der Waals surface area contributed by atoms with E-state index in [1.54, 1.807) is 7.11 Å². The second-order valence-electron chi connectivity index (χ2n) is 5.19. The fraction of sp³-hybridized carbons (Fsp3) is 0.692. The van der Waals surface area contributed by atoms with Crippen molar-refractivity contribution < 1.29 is 4.74 Å². The maximum Gasteiger partial charge on any atom is 0.137 e. The van der Waals surface area contributed by atoms with E-state index in [2.05, 4.69) is 9.88 Å². The highest BCUT2D eigenvalue weighted by Gasteiger charge is 2.30. The lowest BCUT2D eigenvalue weighted by Crippen LogP contribution is -2.24. The average molecular weight is 268 g/mol. The first kappa shape index (κ1) is 12.2. The molecule has 2 fully saturated rings. The van der Waals surface area contributed by atoms with Gasteiger partial charge in [-0.15, -0.1) is 0 Å². The van der Waals surface area contributed by atoms with Crippen molar-refractivity contribution in [3.63, 3.8) is 0 Å². The standard InChI is InChI=1S/C13H18ClN3O/c1-8-11(14)15-12(9-3-4-9)16-13(8)17-6-5-10(7-17)18-2/h9-10H,3-7H2,1-2H3. The smallest absolute Gasteiger partial charge is 0.137 e. The van der Waals surface area contributed by atoms with Gasteiger partial charge in [0.15, 0.2) is 0 Å². The molecule has 98 valence electrons. The van der Waals surface area contributed by atoms with Crippen LogP contribution in [0.3, 0.4) is 0 Å². The van der Waals surface area contributed by atoms with Gasteiger partial charge in [0, 0.05) is 31.7 Å². The molecule has 4 nitrogen and oxygen atoms in total. The van der Waals surface area contributed by atoms with E-state index in [0.29, 0.717) is 17.2 Å². The molecule has 1 aliphatic carbocycles. The molecule has 0 spiro atoms. The molecule has 2 aliphatic rings. The van der Waals surface area contributed by atoms with Crippen molar-refractivity contribution in [3.05, 3.63) is 16.5 Å². The van der Waals surface area contributed by atoms with Crippen LogP contribution < -0.4 is 4.90 Å². The number of nitrogens with zero attached hydrogens (tertiary/aromatic N) is 3. The lowest BCUT2D eigenvalue weighted by molar-refractivity contribution is 0.121. The Balaban J connectivity index is 1.90. The van der Waals surface area contributed by atoms with Gasteiger partial charge in [0.2, 0.25) is 0 Å². The van der Waals surface area contributed by atoms with E-state index in [4.69, 9.17) is 21.3 Å². The Kier molecular flexibility index (Phi) is 3.16. The number of halogens is 1. The molecule has 0 bridgehead atoms. The van der Waals surface area contributed by atoms with E-state index in [9.17, 15) is 0 Å². The first-order chi connectivity index (χ1) is 8.69. The maximum atomic E-state index is 6.23. The predicted molar refractivity (Wildman–Crippen MR) is 71.4 cm³/mol. The molecule has 1 unspecified atom stereocenters. The van der Waals surface area contributed by atoms with Crippen LogP contribution in [0.1, 0.15) is 36.6 Å². The zero-order valence-corrected chi connectivity index (χ0v) is 11.6. The number of anilines is 1. The number of rotatable bonds is 3. The molecule has 0 N–H and O–H groups in total. The zero-order chi connectivity index (χ0) is 12.7. The normalized spacial score (nSPS) is 23.7. The van der Waals surface area contributed by atoms with Crippen LogP contribution in [0, 0.1) is 6.92 Å². The summed E-state index contributed by atoms with van der Waals surface area (Å²) in [4.78, 5) is 11.4. The fourth-order valence-electron chi connectivity index (χ4n) is 2.44. The van der Waals surface area contributed by atoms with Gasteiger partial charge >= 0.3 is 0 Å². The molecule has 1 aromatic heterocycles. The van der Waals surface area contributed by atoms with Gasteiger partial charge in [-0.05, 0) is 26.2 Å². The third-order valence-corrected chi connectivity index (χ3v) is 4.17. The van der Waals surface area contributed by atoms with Crippen molar-refractivity contribution in [3.8, 4) is 0 Å².